The maximum atomic E-state index is 12.6. The molecule has 0 fully saturated rings. The van der Waals surface area contributed by atoms with Gasteiger partial charge in [-0.25, -0.2) is 8.77 Å². The van der Waals surface area contributed by atoms with Gasteiger partial charge in [-0.2, -0.15) is 18.2 Å². The predicted molar refractivity (Wildman–Crippen MR) is 46.9 cm³/mol. The van der Waals surface area contributed by atoms with Crippen LogP contribution in [-0.4, -0.2) is 13.8 Å². The number of rotatable bonds is 0. The fourth-order valence-corrected chi connectivity index (χ4v) is 1.96. The van der Waals surface area contributed by atoms with Crippen LogP contribution in [0.2, 0.25) is 0 Å². The number of fused-ring (bicyclic) bond motifs is 1. The van der Waals surface area contributed by atoms with Gasteiger partial charge in [0.25, 0.3) is 5.56 Å². The molecule has 0 amide bonds. The molecule has 8 heteroatoms. The zero-order valence-corrected chi connectivity index (χ0v) is 8.19. The molecule has 0 saturated heterocycles. The largest absolute Gasteiger partial charge is 0.433 e. The van der Waals surface area contributed by atoms with Crippen LogP contribution < -0.4 is 5.56 Å². The second-order valence-electron chi connectivity index (χ2n) is 2.82. The fourth-order valence-electron chi connectivity index (χ4n) is 1.20. The van der Waals surface area contributed by atoms with Crippen LogP contribution in [0.25, 0.3) is 5.78 Å². The summed E-state index contributed by atoms with van der Waals surface area (Å²) in [7, 11) is 0. The van der Waals surface area contributed by atoms with E-state index in [2.05, 4.69) is 9.97 Å². The molecule has 0 atom stereocenters. The molecule has 80 valence electrons. The monoisotopic (exact) mass is 235 g/mol. The van der Waals surface area contributed by atoms with Gasteiger partial charge in [0.15, 0.2) is 0 Å². The van der Waals surface area contributed by atoms with Crippen LogP contribution in [0.4, 0.5) is 13.2 Å². The van der Waals surface area contributed by atoms with E-state index in [-0.39, 0.29) is 5.78 Å². The number of aromatic nitrogens is 3. The highest BCUT2D eigenvalue weighted by Gasteiger charge is 2.37. The number of nitrogens with zero attached hydrogens (tertiary/aromatic N) is 3. The molecular formula is C7H4F3N3OS. The smallest absolute Gasteiger partial charge is 0.267 e. The molecule has 2 rings (SSSR count). The summed E-state index contributed by atoms with van der Waals surface area (Å²) >= 11 is 0.748. The molecule has 0 saturated carbocycles. The summed E-state index contributed by atoms with van der Waals surface area (Å²) in [5, 5.41) is 0. The minimum Gasteiger partial charge on any atom is -0.267 e. The van der Waals surface area contributed by atoms with E-state index in [4.69, 9.17) is 0 Å². The summed E-state index contributed by atoms with van der Waals surface area (Å²) in [5.41, 5.74) is -1.10. The van der Waals surface area contributed by atoms with E-state index < -0.39 is 23.0 Å². The highest BCUT2D eigenvalue weighted by atomic mass is 32.1. The minimum atomic E-state index is -4.58. The third-order valence-corrected chi connectivity index (χ3v) is 2.61. The van der Waals surface area contributed by atoms with Gasteiger partial charge in [-0.15, -0.1) is 0 Å². The number of alkyl halides is 3. The Hall–Kier alpha value is -1.44. The molecule has 0 aliphatic heterocycles. The summed E-state index contributed by atoms with van der Waals surface area (Å²) in [6.45, 7) is 1.10. The standard InChI is InChI=1S/C7H4F3N3OS/c1-3-4(7(8,9)10)13-6(11-2-15-13)12-5(3)14/h2H,1H3. The van der Waals surface area contributed by atoms with Crippen molar-refractivity contribution in [2.45, 2.75) is 13.1 Å². The van der Waals surface area contributed by atoms with Crippen LogP contribution in [0.1, 0.15) is 11.3 Å². The van der Waals surface area contributed by atoms with E-state index >= 15 is 0 Å². The van der Waals surface area contributed by atoms with Gasteiger partial charge in [0.05, 0.1) is 0 Å². The lowest BCUT2D eigenvalue weighted by Gasteiger charge is -2.09. The van der Waals surface area contributed by atoms with Gasteiger partial charge < -0.3 is 0 Å². The van der Waals surface area contributed by atoms with E-state index in [0.717, 1.165) is 22.2 Å². The quantitative estimate of drug-likeness (QED) is 0.694. The lowest BCUT2D eigenvalue weighted by atomic mass is 10.2. The molecule has 0 spiro atoms. The summed E-state index contributed by atoms with van der Waals surface area (Å²) in [4.78, 5) is 18.1. The lowest BCUT2D eigenvalue weighted by molar-refractivity contribution is -0.142. The maximum absolute atomic E-state index is 12.6. The van der Waals surface area contributed by atoms with Crippen LogP contribution in [0.5, 0.6) is 0 Å². The molecule has 2 heterocycles. The zero-order chi connectivity index (χ0) is 11.2. The Morgan fingerprint density at radius 3 is 2.73 bits per heavy atom. The number of hydrogen-bond acceptors (Lipinski definition) is 4. The van der Waals surface area contributed by atoms with Crippen molar-refractivity contribution in [1.82, 2.24) is 13.8 Å². The van der Waals surface area contributed by atoms with Gasteiger partial charge in [-0.1, -0.05) is 0 Å². The topological polar surface area (TPSA) is 47.3 Å². The maximum Gasteiger partial charge on any atom is 0.433 e. The first-order valence-corrected chi connectivity index (χ1v) is 4.65. The molecule has 0 N–H and O–H groups in total. The zero-order valence-electron chi connectivity index (χ0n) is 7.37. The third kappa shape index (κ3) is 1.50. The van der Waals surface area contributed by atoms with E-state index in [9.17, 15) is 18.0 Å². The van der Waals surface area contributed by atoms with Crippen LogP contribution in [0.15, 0.2) is 10.3 Å². The minimum absolute atomic E-state index is 0.220. The highest BCUT2D eigenvalue weighted by Crippen LogP contribution is 2.31. The van der Waals surface area contributed by atoms with Crippen molar-refractivity contribution in [3.63, 3.8) is 0 Å². The van der Waals surface area contributed by atoms with Crippen LogP contribution >= 0.6 is 11.5 Å². The summed E-state index contributed by atoms with van der Waals surface area (Å²) in [6.07, 6.45) is -4.58. The number of halogens is 3. The third-order valence-electron chi connectivity index (χ3n) is 1.85. The van der Waals surface area contributed by atoms with Crippen LogP contribution in [0, 0.1) is 6.92 Å². The Balaban J connectivity index is 2.96. The Kier molecular flexibility index (Phi) is 2.03. The molecule has 0 unspecified atom stereocenters. The van der Waals surface area contributed by atoms with Crippen molar-refractivity contribution in [2.24, 2.45) is 0 Å². The molecule has 2 aromatic rings. The van der Waals surface area contributed by atoms with E-state index in [1.54, 1.807) is 0 Å². The Bertz CT molecular complexity index is 571. The highest BCUT2D eigenvalue weighted by molar-refractivity contribution is 7.04. The number of hydrogen-bond donors (Lipinski definition) is 0. The van der Waals surface area contributed by atoms with E-state index in [1.165, 1.54) is 5.51 Å². The average Bonchev–Trinajstić information content (AvgIpc) is 2.50. The molecule has 4 nitrogen and oxygen atoms in total. The Labute approximate surface area is 85.2 Å². The molecule has 0 radical (unpaired) electrons. The normalized spacial score (nSPS) is 12.3. The molecule has 15 heavy (non-hydrogen) atoms. The van der Waals surface area contributed by atoms with Gasteiger partial charge >= 0.3 is 6.18 Å². The molecule has 0 aromatic carbocycles. The molecule has 0 bridgehead atoms. The van der Waals surface area contributed by atoms with Gasteiger partial charge in [0, 0.05) is 5.56 Å². The van der Waals surface area contributed by atoms with Crippen molar-refractivity contribution in [2.75, 3.05) is 0 Å². The molecular weight excluding hydrogens is 231 g/mol. The van der Waals surface area contributed by atoms with Crippen LogP contribution in [0.3, 0.4) is 0 Å². The Morgan fingerprint density at radius 2 is 2.13 bits per heavy atom. The molecule has 0 aliphatic carbocycles. The summed E-state index contributed by atoms with van der Waals surface area (Å²) in [6, 6.07) is 0. The molecule has 2 aromatic heterocycles. The van der Waals surface area contributed by atoms with Gasteiger partial charge in [0.1, 0.15) is 11.2 Å². The first-order valence-electron chi connectivity index (χ1n) is 3.82. The van der Waals surface area contributed by atoms with Gasteiger partial charge in [-0.3, -0.25) is 4.79 Å². The van der Waals surface area contributed by atoms with Crippen molar-refractivity contribution in [1.29, 1.82) is 0 Å². The summed E-state index contributed by atoms with van der Waals surface area (Å²) in [5.74, 6) is -0.220. The van der Waals surface area contributed by atoms with Crippen molar-refractivity contribution in [3.05, 3.63) is 27.1 Å². The SMILES string of the molecule is Cc1c(C(F)(F)F)n2scnc2nc1=O. The lowest BCUT2D eigenvalue weighted by Crippen LogP contribution is -2.22. The van der Waals surface area contributed by atoms with E-state index in [1.807, 2.05) is 0 Å². The first kappa shape index (κ1) is 10.1. The van der Waals surface area contributed by atoms with Gasteiger partial charge in [-0.05, 0) is 18.5 Å². The molecule has 0 aliphatic rings. The van der Waals surface area contributed by atoms with Gasteiger partial charge in [0.2, 0.25) is 5.78 Å². The first-order chi connectivity index (χ1) is 6.91. The van der Waals surface area contributed by atoms with Crippen molar-refractivity contribution < 1.29 is 13.2 Å². The fraction of sp³-hybridized carbons (Fsp3) is 0.286. The predicted octanol–water partition coefficient (Wildman–Crippen LogP) is 1.48. The van der Waals surface area contributed by atoms with E-state index in [0.29, 0.717) is 0 Å². The van der Waals surface area contributed by atoms with Crippen LogP contribution in [-0.2, 0) is 6.18 Å². The van der Waals surface area contributed by atoms with Crippen molar-refractivity contribution in [3.8, 4) is 0 Å². The second-order valence-corrected chi connectivity index (χ2v) is 3.61. The van der Waals surface area contributed by atoms with Crippen molar-refractivity contribution >= 4 is 17.3 Å². The average molecular weight is 235 g/mol. The second kappa shape index (κ2) is 3.02. The Morgan fingerprint density at radius 1 is 1.47 bits per heavy atom. The summed E-state index contributed by atoms with van der Waals surface area (Å²) < 4.78 is 38.7.